The van der Waals surface area contributed by atoms with E-state index in [9.17, 15) is 0 Å². The summed E-state index contributed by atoms with van der Waals surface area (Å²) in [6.45, 7) is 4.33. The van der Waals surface area contributed by atoms with E-state index >= 15 is 0 Å². The van der Waals surface area contributed by atoms with Gasteiger partial charge in [0.2, 0.25) is 0 Å². The summed E-state index contributed by atoms with van der Waals surface area (Å²) in [7, 11) is 0. The van der Waals surface area contributed by atoms with Crippen molar-refractivity contribution >= 4 is 11.8 Å². The molecule has 1 aromatic rings. The summed E-state index contributed by atoms with van der Waals surface area (Å²) < 4.78 is 15.8. The minimum absolute atomic E-state index is 0.0350. The fourth-order valence-corrected chi connectivity index (χ4v) is 1.93. The van der Waals surface area contributed by atoms with E-state index in [4.69, 9.17) is 24.4 Å². The SMILES string of the molecule is C=CCOc1nc(OCCO)nc(OCCCSCCO)n1. The Morgan fingerprint density at radius 2 is 1.55 bits per heavy atom. The molecule has 0 bridgehead atoms. The molecule has 0 saturated carbocycles. The van der Waals surface area contributed by atoms with Gasteiger partial charge in [-0.2, -0.15) is 11.8 Å². The lowest BCUT2D eigenvalue weighted by Crippen LogP contribution is -2.10. The average Bonchev–Trinajstić information content (AvgIpc) is 2.54. The molecule has 0 unspecified atom stereocenters. The quantitative estimate of drug-likeness (QED) is 0.390. The van der Waals surface area contributed by atoms with Crippen LogP contribution in [0.15, 0.2) is 12.7 Å². The monoisotopic (exact) mass is 331 g/mol. The second-order valence-electron chi connectivity index (χ2n) is 3.89. The third-order valence-corrected chi connectivity index (χ3v) is 3.17. The van der Waals surface area contributed by atoms with Gasteiger partial charge in [-0.05, 0) is 12.2 Å². The molecule has 0 amide bonds. The average molecular weight is 331 g/mol. The zero-order valence-electron chi connectivity index (χ0n) is 12.3. The molecular formula is C13H21N3O5S. The van der Waals surface area contributed by atoms with E-state index in [0.29, 0.717) is 12.4 Å². The molecular weight excluding hydrogens is 310 g/mol. The molecule has 9 heteroatoms. The van der Waals surface area contributed by atoms with Gasteiger partial charge in [-0.15, -0.1) is 15.0 Å². The lowest BCUT2D eigenvalue weighted by molar-refractivity contribution is 0.184. The van der Waals surface area contributed by atoms with Gasteiger partial charge in [0.15, 0.2) is 0 Å². The molecule has 1 aromatic heterocycles. The Bertz CT molecular complexity index is 436. The van der Waals surface area contributed by atoms with E-state index in [-0.39, 0.29) is 44.5 Å². The highest BCUT2D eigenvalue weighted by molar-refractivity contribution is 7.99. The van der Waals surface area contributed by atoms with E-state index in [1.807, 2.05) is 0 Å². The number of rotatable bonds is 13. The largest absolute Gasteiger partial charge is 0.463 e. The number of hydrogen-bond acceptors (Lipinski definition) is 9. The van der Waals surface area contributed by atoms with Crippen LogP contribution in [0.3, 0.4) is 0 Å². The van der Waals surface area contributed by atoms with Crippen molar-refractivity contribution in [3.8, 4) is 18.0 Å². The molecule has 1 heterocycles. The van der Waals surface area contributed by atoms with Gasteiger partial charge in [0.05, 0.1) is 19.8 Å². The van der Waals surface area contributed by atoms with Crippen LogP contribution in [-0.4, -0.2) is 69.7 Å². The van der Waals surface area contributed by atoms with E-state index in [0.717, 1.165) is 12.2 Å². The summed E-state index contributed by atoms with van der Waals surface area (Å²) in [5.41, 5.74) is 0. The summed E-state index contributed by atoms with van der Waals surface area (Å²) in [5, 5.41) is 17.4. The van der Waals surface area contributed by atoms with Crippen LogP contribution in [0.1, 0.15) is 6.42 Å². The van der Waals surface area contributed by atoms with Crippen LogP contribution in [0.4, 0.5) is 0 Å². The maximum atomic E-state index is 8.76. The Hall–Kier alpha value is -1.58. The molecule has 0 aliphatic heterocycles. The third-order valence-electron chi connectivity index (χ3n) is 2.13. The van der Waals surface area contributed by atoms with Gasteiger partial charge < -0.3 is 24.4 Å². The van der Waals surface area contributed by atoms with Crippen LogP contribution in [0.25, 0.3) is 0 Å². The molecule has 0 fully saturated rings. The first-order chi connectivity index (χ1) is 10.8. The number of aromatic nitrogens is 3. The van der Waals surface area contributed by atoms with Crippen molar-refractivity contribution in [3.63, 3.8) is 0 Å². The molecule has 0 aliphatic rings. The highest BCUT2D eigenvalue weighted by Crippen LogP contribution is 2.15. The summed E-state index contributed by atoms with van der Waals surface area (Å²) in [6, 6.07) is 0.217. The second-order valence-corrected chi connectivity index (χ2v) is 5.12. The molecule has 22 heavy (non-hydrogen) atoms. The fourth-order valence-electron chi connectivity index (χ4n) is 1.28. The summed E-state index contributed by atoms with van der Waals surface area (Å²) >= 11 is 1.65. The Kier molecular flexibility index (Phi) is 10.1. The molecule has 0 saturated heterocycles. The fraction of sp³-hybridized carbons (Fsp3) is 0.615. The van der Waals surface area contributed by atoms with Gasteiger partial charge >= 0.3 is 18.0 Å². The van der Waals surface area contributed by atoms with Crippen molar-refractivity contribution in [3.05, 3.63) is 12.7 Å². The predicted octanol–water partition coefficient (Wildman–Crippen LogP) is 0.302. The minimum atomic E-state index is -0.146. The van der Waals surface area contributed by atoms with E-state index in [2.05, 4.69) is 21.5 Å². The topological polar surface area (TPSA) is 107 Å². The first-order valence-electron chi connectivity index (χ1n) is 6.85. The first-order valence-corrected chi connectivity index (χ1v) is 8.00. The molecule has 2 N–H and O–H groups in total. The van der Waals surface area contributed by atoms with Gasteiger partial charge in [-0.25, -0.2) is 0 Å². The van der Waals surface area contributed by atoms with Gasteiger partial charge in [0.1, 0.15) is 13.2 Å². The van der Waals surface area contributed by atoms with Crippen molar-refractivity contribution in [1.82, 2.24) is 15.0 Å². The second kappa shape index (κ2) is 12.0. The lowest BCUT2D eigenvalue weighted by Gasteiger charge is -2.08. The van der Waals surface area contributed by atoms with Crippen LogP contribution in [0.2, 0.25) is 0 Å². The Morgan fingerprint density at radius 1 is 0.909 bits per heavy atom. The number of nitrogens with zero attached hydrogens (tertiary/aromatic N) is 3. The third kappa shape index (κ3) is 8.01. The molecule has 8 nitrogen and oxygen atoms in total. The normalized spacial score (nSPS) is 10.3. The predicted molar refractivity (Wildman–Crippen MR) is 82.6 cm³/mol. The molecule has 0 spiro atoms. The van der Waals surface area contributed by atoms with Crippen molar-refractivity contribution in [2.45, 2.75) is 6.42 Å². The summed E-state index contributed by atoms with van der Waals surface area (Å²) in [4.78, 5) is 11.9. The summed E-state index contributed by atoms with van der Waals surface area (Å²) in [5.74, 6) is 1.59. The maximum Gasteiger partial charge on any atom is 0.326 e. The van der Waals surface area contributed by atoms with Crippen molar-refractivity contribution in [1.29, 1.82) is 0 Å². The van der Waals surface area contributed by atoms with E-state index in [1.54, 1.807) is 17.8 Å². The zero-order valence-corrected chi connectivity index (χ0v) is 13.1. The van der Waals surface area contributed by atoms with Crippen molar-refractivity contribution in [2.75, 3.05) is 44.5 Å². The molecule has 0 atom stereocenters. The van der Waals surface area contributed by atoms with Crippen LogP contribution >= 0.6 is 11.8 Å². The van der Waals surface area contributed by atoms with Gasteiger partial charge in [0.25, 0.3) is 0 Å². The van der Waals surface area contributed by atoms with Crippen LogP contribution in [0, 0.1) is 0 Å². The highest BCUT2D eigenvalue weighted by atomic mass is 32.2. The zero-order chi connectivity index (χ0) is 16.0. The number of aliphatic hydroxyl groups is 2. The lowest BCUT2D eigenvalue weighted by atomic mass is 10.5. The van der Waals surface area contributed by atoms with Crippen LogP contribution in [0.5, 0.6) is 18.0 Å². The minimum Gasteiger partial charge on any atom is -0.463 e. The Labute approximate surface area is 133 Å². The maximum absolute atomic E-state index is 8.76. The highest BCUT2D eigenvalue weighted by Gasteiger charge is 2.09. The van der Waals surface area contributed by atoms with E-state index in [1.165, 1.54) is 0 Å². The van der Waals surface area contributed by atoms with Gasteiger partial charge in [0, 0.05) is 5.75 Å². The molecule has 0 aromatic carbocycles. The van der Waals surface area contributed by atoms with Gasteiger partial charge in [-0.3, -0.25) is 0 Å². The smallest absolute Gasteiger partial charge is 0.326 e. The molecule has 0 radical (unpaired) electrons. The molecule has 124 valence electrons. The number of hydrogen-bond donors (Lipinski definition) is 2. The van der Waals surface area contributed by atoms with E-state index < -0.39 is 0 Å². The standard InChI is InChI=1S/C13H21N3O5S/c1-2-6-19-11-14-12(16-13(15-11)21-8-4-17)20-7-3-9-22-10-5-18/h2,17-18H,1,3-10H2. The Morgan fingerprint density at radius 3 is 2.14 bits per heavy atom. The summed E-state index contributed by atoms with van der Waals surface area (Å²) in [6.07, 6.45) is 2.36. The molecule has 1 rings (SSSR count). The van der Waals surface area contributed by atoms with Crippen molar-refractivity contribution < 1.29 is 24.4 Å². The number of ether oxygens (including phenoxy) is 3. The first kappa shape index (κ1) is 18.5. The van der Waals surface area contributed by atoms with Crippen LogP contribution < -0.4 is 14.2 Å². The number of thioether (sulfide) groups is 1. The number of aliphatic hydroxyl groups excluding tert-OH is 2. The van der Waals surface area contributed by atoms with Gasteiger partial charge in [-0.1, -0.05) is 12.7 Å². The molecule has 0 aliphatic carbocycles. The van der Waals surface area contributed by atoms with Crippen LogP contribution in [-0.2, 0) is 0 Å². The Balaban J connectivity index is 2.52. The van der Waals surface area contributed by atoms with Crippen molar-refractivity contribution in [2.24, 2.45) is 0 Å².